The lowest BCUT2D eigenvalue weighted by molar-refractivity contribution is 0.476. The van der Waals surface area contributed by atoms with E-state index in [0.717, 1.165) is 186 Å². The lowest BCUT2D eigenvalue weighted by Gasteiger charge is -2.49. The molecule has 16 heteroatoms. The first-order valence-corrected chi connectivity index (χ1v) is 52.4. The summed E-state index contributed by atoms with van der Waals surface area (Å²) in [6.07, 6.45) is 0. The molecule has 12 aliphatic heterocycles. The van der Waals surface area contributed by atoms with E-state index in [0.29, 0.717) is 0 Å². The van der Waals surface area contributed by atoms with E-state index < -0.39 is 0 Å². The van der Waals surface area contributed by atoms with Crippen LogP contribution in [0.4, 0.5) is 102 Å². The van der Waals surface area contributed by atoms with E-state index in [-0.39, 0.29) is 20.1 Å². The van der Waals surface area contributed by atoms with Crippen LogP contribution in [0.3, 0.4) is 0 Å². The molecule has 35 rings (SSSR count). The van der Waals surface area contributed by atoms with Crippen LogP contribution in [0.25, 0.3) is 105 Å². The first-order chi connectivity index (χ1) is 73.4. The van der Waals surface area contributed by atoms with Crippen LogP contribution >= 0.6 is 23.5 Å². The SMILES string of the molecule is c1ccc(-c2cc(-c3ccc(-c4cc5c6c(c4)B4c7cccc8c7N(c7ccccc7O8)c7cc(-c8ccc(-n9c%10ccccc%10c%10c(-c%11cc%12c%13c(c%11)B%11c%14cccc%15c%14N(c%14ccccc%14S%15)c%14c(-c%15ccccc%15)cc(-c%15ccccc%15)c(c%14%11)N%13c%11ccccc%11S%12)cccc%109)cc8)cc(c74)N6c4ccccc4O5)cc3)c3c4c2N2c5ccccc5Oc5cccc(c52)B4c2cccc4c2N3c2ccccc2O4)cc1. The average molecular weight is 1920 g/mol. The summed E-state index contributed by atoms with van der Waals surface area (Å²) >= 11 is 3.79. The predicted octanol–water partition coefficient (Wildman–Crippen LogP) is 30.1. The minimum Gasteiger partial charge on any atom is -0.453 e. The molecule has 0 N–H and O–H groups in total. The average Bonchev–Trinajstić information content (AvgIpc) is 0.756. The van der Waals surface area contributed by atoms with Crippen molar-refractivity contribution in [3.8, 4) is 130 Å². The summed E-state index contributed by atoms with van der Waals surface area (Å²) in [4.78, 5) is 20.3. The second-order valence-corrected chi connectivity index (χ2v) is 42.4. The van der Waals surface area contributed by atoms with Crippen molar-refractivity contribution in [3.05, 3.63) is 449 Å². The van der Waals surface area contributed by atoms with Gasteiger partial charge < -0.3 is 52.9 Å². The number of ether oxygens (including phenoxy) is 4. The summed E-state index contributed by atoms with van der Waals surface area (Å²) in [5.41, 5.74) is 50.0. The van der Waals surface area contributed by atoms with Crippen LogP contribution in [0.5, 0.6) is 46.0 Å². The van der Waals surface area contributed by atoms with E-state index in [4.69, 9.17) is 18.9 Å². The Morgan fingerprint density at radius 2 is 0.520 bits per heavy atom. The number of fused-ring (bicyclic) bond motifs is 27. The van der Waals surface area contributed by atoms with Crippen LogP contribution < -0.4 is 97.5 Å². The van der Waals surface area contributed by atoms with Gasteiger partial charge in [-0.2, -0.15) is 0 Å². The molecule has 0 saturated heterocycles. The number of para-hydroxylation sites is 15. The number of benzene rings is 22. The summed E-state index contributed by atoms with van der Waals surface area (Å²) in [6.45, 7) is -0.621. The maximum Gasteiger partial charge on any atom is 0.252 e. The van der Waals surface area contributed by atoms with E-state index in [1.54, 1.807) is 0 Å². The molecule has 0 radical (unpaired) electrons. The molecular formula is C132H74B3N7O4S2. The number of hydrogen-bond donors (Lipinski definition) is 0. The Labute approximate surface area is 861 Å². The molecule has 0 bridgehead atoms. The zero-order valence-electron chi connectivity index (χ0n) is 79.0. The van der Waals surface area contributed by atoms with E-state index in [1.165, 1.54) is 136 Å². The highest BCUT2D eigenvalue weighted by atomic mass is 32.2. The van der Waals surface area contributed by atoms with Gasteiger partial charge in [0.2, 0.25) is 0 Å². The van der Waals surface area contributed by atoms with Gasteiger partial charge in [0.05, 0.1) is 102 Å². The summed E-state index contributed by atoms with van der Waals surface area (Å²) in [5, 5.41) is 2.40. The predicted molar refractivity (Wildman–Crippen MR) is 609 cm³/mol. The highest BCUT2D eigenvalue weighted by Gasteiger charge is 2.55. The maximum absolute atomic E-state index is 7.46. The Kier molecular flexibility index (Phi) is 16.0. The number of hydrogen-bond acceptors (Lipinski definition) is 12. The standard InChI is InChI=1S/C132H74B3N7O4S2/c1-4-29-77(30-5-1)87-74-90(124-121-123(87)139-100-44-14-20-51-109(100)144-112-54-26-38-92(128(112)139)133(121)93-39-27-55-113-129(93)140(124)101-45-15-21-52-110(101)145-113)80-61-59-75(60-62-80)81-67-95-130-114(71-81)146-108-50-19-13-43-99(108)138(130)106-70-82(69-105-120(106)134(95)91-37-25-53-111-127(91)137(105)98-42-12-18-49-107(98)143-111)76-63-65-84(66-64-76)136-97-41-11-10-35-86(97)119-85(36-24-48-104(119)136)83-68-96-132-118(72-83)148-116-57-23-17-47-103(116)142(132)126-89(79-33-8-3-9-34-79)73-88(78-31-6-2-7-32-78)125-122(126)135(96)94-40-28-58-117-131(94)141(125)102-46-16-22-56-115(102)147-117/h1-74H. The molecule has 0 fully saturated rings. The van der Waals surface area contributed by atoms with Gasteiger partial charge in [0, 0.05) is 69.7 Å². The lowest BCUT2D eigenvalue weighted by atomic mass is 9.33. The fraction of sp³-hybridized carbons (Fsp3) is 0. The molecule has 12 aliphatic rings. The molecule has 0 amide bonds. The largest absolute Gasteiger partial charge is 0.453 e. The van der Waals surface area contributed by atoms with Crippen molar-refractivity contribution < 1.29 is 18.9 Å². The molecule has 0 spiro atoms. The third kappa shape index (κ3) is 10.7. The van der Waals surface area contributed by atoms with Crippen LogP contribution in [0.2, 0.25) is 0 Å². The Balaban J connectivity index is 0.521. The van der Waals surface area contributed by atoms with Crippen molar-refractivity contribution in [1.29, 1.82) is 0 Å². The summed E-state index contributed by atoms with van der Waals surface area (Å²) in [7, 11) is 0. The Morgan fingerprint density at radius 1 is 0.176 bits per heavy atom. The Morgan fingerprint density at radius 3 is 1.05 bits per heavy atom. The highest BCUT2D eigenvalue weighted by Crippen LogP contribution is 2.66. The Bertz CT molecular complexity index is 9890. The molecule has 22 aromatic carbocycles. The molecular weight excluding hydrogens is 1840 g/mol. The van der Waals surface area contributed by atoms with Crippen LogP contribution in [-0.4, -0.2) is 24.7 Å². The number of nitrogens with zero attached hydrogens (tertiary/aromatic N) is 7. The van der Waals surface area contributed by atoms with Gasteiger partial charge >= 0.3 is 0 Å². The third-order valence-electron chi connectivity index (χ3n) is 32.7. The summed E-state index contributed by atoms with van der Waals surface area (Å²) in [5.74, 6) is 6.43. The van der Waals surface area contributed by atoms with Gasteiger partial charge in [-0.3, -0.25) is 0 Å². The molecule has 1 aromatic heterocycles. The number of anilines is 18. The van der Waals surface area contributed by atoms with Crippen LogP contribution in [-0.2, 0) is 0 Å². The van der Waals surface area contributed by atoms with Gasteiger partial charge in [0.25, 0.3) is 20.1 Å². The van der Waals surface area contributed by atoms with Gasteiger partial charge in [0.15, 0.2) is 46.0 Å². The van der Waals surface area contributed by atoms with Crippen LogP contribution in [0.15, 0.2) is 468 Å². The van der Waals surface area contributed by atoms with Gasteiger partial charge in [0.1, 0.15) is 0 Å². The summed E-state index contributed by atoms with van der Waals surface area (Å²) in [6, 6.07) is 167. The molecule has 11 nitrogen and oxygen atoms in total. The summed E-state index contributed by atoms with van der Waals surface area (Å²) < 4.78 is 31.0. The Hall–Kier alpha value is -18.5. The normalized spacial score (nSPS) is 14.1. The lowest BCUT2D eigenvalue weighted by Crippen LogP contribution is -2.62. The zero-order chi connectivity index (χ0) is 95.8. The fourth-order valence-corrected chi connectivity index (χ4v) is 29.2. The molecule has 0 atom stereocenters. The van der Waals surface area contributed by atoms with Crippen molar-refractivity contribution in [1.82, 2.24) is 4.57 Å². The van der Waals surface area contributed by atoms with Gasteiger partial charge in [-0.15, -0.1) is 0 Å². The van der Waals surface area contributed by atoms with Crippen LogP contribution in [0, 0.1) is 0 Å². The molecule has 23 aromatic rings. The first kappa shape index (κ1) is 80.0. The molecule has 0 aliphatic carbocycles. The highest BCUT2D eigenvalue weighted by molar-refractivity contribution is 8.00. The van der Waals surface area contributed by atoms with Crippen molar-refractivity contribution in [2.75, 3.05) is 29.4 Å². The number of aromatic nitrogens is 1. The van der Waals surface area contributed by atoms with E-state index in [2.05, 4.69) is 483 Å². The van der Waals surface area contributed by atoms with Crippen molar-refractivity contribution >= 4 is 217 Å². The molecule has 0 unspecified atom stereocenters. The smallest absolute Gasteiger partial charge is 0.252 e. The quantitative estimate of drug-likeness (QED) is 0.136. The van der Waals surface area contributed by atoms with Crippen LogP contribution in [0.1, 0.15) is 0 Å². The molecule has 682 valence electrons. The van der Waals surface area contributed by atoms with Gasteiger partial charge in [-0.1, -0.05) is 315 Å². The minimum atomic E-state index is -0.266. The topological polar surface area (TPSA) is 61.3 Å². The molecule has 13 heterocycles. The van der Waals surface area contributed by atoms with Gasteiger partial charge in [-0.25, -0.2) is 0 Å². The zero-order valence-corrected chi connectivity index (χ0v) is 80.7. The van der Waals surface area contributed by atoms with E-state index in [9.17, 15) is 0 Å². The fourth-order valence-electron chi connectivity index (χ4n) is 26.9. The number of rotatable bonds is 8. The first-order valence-electron chi connectivity index (χ1n) is 50.7. The second kappa shape index (κ2) is 29.7. The maximum atomic E-state index is 7.46. The van der Waals surface area contributed by atoms with Crippen molar-refractivity contribution in [2.45, 2.75) is 19.6 Å². The molecule has 0 saturated carbocycles. The second-order valence-electron chi connectivity index (χ2n) is 40.2. The minimum absolute atomic E-state index is 0.154. The van der Waals surface area contributed by atoms with E-state index in [1.807, 2.05) is 23.5 Å². The van der Waals surface area contributed by atoms with Gasteiger partial charge in [-0.05, 0) is 263 Å². The van der Waals surface area contributed by atoms with E-state index >= 15 is 0 Å². The molecule has 148 heavy (non-hydrogen) atoms. The van der Waals surface area contributed by atoms with Crippen molar-refractivity contribution in [3.63, 3.8) is 0 Å². The third-order valence-corrected chi connectivity index (χ3v) is 35.0. The van der Waals surface area contributed by atoms with Crippen molar-refractivity contribution in [2.24, 2.45) is 0 Å². The monoisotopic (exact) mass is 1920 g/mol.